The number of hydrogen-bond acceptors (Lipinski definition) is 3. The predicted molar refractivity (Wildman–Crippen MR) is 83.4 cm³/mol. The van der Waals surface area contributed by atoms with Gasteiger partial charge in [0.15, 0.2) is 9.84 Å². The molecule has 0 heterocycles. The molecule has 2 aromatic rings. The third-order valence-electron chi connectivity index (χ3n) is 2.80. The van der Waals surface area contributed by atoms with Crippen LogP contribution in [0.5, 0.6) is 0 Å². The van der Waals surface area contributed by atoms with Crippen LogP contribution >= 0.6 is 22.6 Å². The van der Waals surface area contributed by atoms with Crippen LogP contribution in [0.1, 0.15) is 15.9 Å². The molecule has 0 unspecified atom stereocenters. The summed E-state index contributed by atoms with van der Waals surface area (Å²) in [7, 11) is -3.73. The van der Waals surface area contributed by atoms with E-state index < -0.39 is 27.2 Å². The van der Waals surface area contributed by atoms with Crippen LogP contribution in [0.2, 0.25) is 0 Å². The molecule has 0 aliphatic rings. The summed E-state index contributed by atoms with van der Waals surface area (Å²) in [5.41, 5.74) is -0.0738. The molecule has 2 rings (SSSR count). The maximum Gasteiger partial charge on any atom is 0.338 e. The molecular weight excluding hydrogens is 410 g/mol. The number of halogens is 2. The van der Waals surface area contributed by atoms with Gasteiger partial charge in [0, 0.05) is 3.57 Å². The molecule has 0 spiro atoms. The molecule has 0 amide bonds. The summed E-state index contributed by atoms with van der Waals surface area (Å²) in [4.78, 5) is 10.7. The van der Waals surface area contributed by atoms with Crippen LogP contribution in [0.15, 0.2) is 47.4 Å². The maximum absolute atomic E-state index is 13.3. The van der Waals surface area contributed by atoms with Gasteiger partial charge in [-0.05, 0) is 58.5 Å². The van der Waals surface area contributed by atoms with Crippen LogP contribution in [0, 0.1) is 9.39 Å². The number of carbonyl (C=O) groups is 1. The van der Waals surface area contributed by atoms with E-state index in [1.807, 2.05) is 0 Å². The largest absolute Gasteiger partial charge is 0.478 e. The van der Waals surface area contributed by atoms with Crippen molar-refractivity contribution >= 4 is 38.4 Å². The van der Waals surface area contributed by atoms with E-state index in [4.69, 9.17) is 5.11 Å². The highest BCUT2D eigenvalue weighted by Crippen LogP contribution is 2.20. The van der Waals surface area contributed by atoms with Gasteiger partial charge in [0.1, 0.15) is 5.82 Å². The molecule has 21 heavy (non-hydrogen) atoms. The lowest BCUT2D eigenvalue weighted by molar-refractivity contribution is 0.0691. The summed E-state index contributed by atoms with van der Waals surface area (Å²) in [5, 5.41) is 8.84. The minimum absolute atomic E-state index is 0.208. The van der Waals surface area contributed by atoms with Gasteiger partial charge in [0.05, 0.1) is 16.2 Å². The molecule has 0 aliphatic heterocycles. The fourth-order valence-electron chi connectivity index (χ4n) is 1.75. The van der Waals surface area contributed by atoms with Crippen LogP contribution in [-0.2, 0) is 15.6 Å². The van der Waals surface area contributed by atoms with E-state index in [1.165, 1.54) is 0 Å². The van der Waals surface area contributed by atoms with Crippen LogP contribution < -0.4 is 0 Å². The number of carboxylic acid groups (broad SMARTS) is 1. The zero-order valence-corrected chi connectivity index (χ0v) is 13.6. The summed E-state index contributed by atoms with van der Waals surface area (Å²) in [6.07, 6.45) is 0. The van der Waals surface area contributed by atoms with Crippen LogP contribution in [0.25, 0.3) is 0 Å². The summed E-state index contributed by atoms with van der Waals surface area (Å²) >= 11 is 2.10. The Labute approximate surface area is 134 Å². The summed E-state index contributed by atoms with van der Waals surface area (Å²) in [6.45, 7) is 0. The smallest absolute Gasteiger partial charge is 0.338 e. The van der Waals surface area contributed by atoms with Gasteiger partial charge in [-0.25, -0.2) is 17.6 Å². The lowest BCUT2D eigenvalue weighted by Crippen LogP contribution is -2.08. The van der Waals surface area contributed by atoms with Crippen molar-refractivity contribution in [3.8, 4) is 0 Å². The normalized spacial score (nSPS) is 11.3. The first-order valence-corrected chi connectivity index (χ1v) is 8.53. The van der Waals surface area contributed by atoms with Crippen LogP contribution in [0.3, 0.4) is 0 Å². The van der Waals surface area contributed by atoms with E-state index in [2.05, 4.69) is 22.6 Å². The first-order chi connectivity index (χ1) is 9.79. The van der Waals surface area contributed by atoms with Crippen LogP contribution in [0.4, 0.5) is 4.39 Å². The van der Waals surface area contributed by atoms with E-state index in [-0.39, 0.29) is 10.6 Å². The Kier molecular flexibility index (Phi) is 4.62. The van der Waals surface area contributed by atoms with E-state index in [0.717, 1.165) is 21.8 Å². The molecule has 0 saturated carbocycles. The average molecular weight is 420 g/mol. The first-order valence-electron chi connectivity index (χ1n) is 5.79. The highest BCUT2D eigenvalue weighted by molar-refractivity contribution is 14.1. The van der Waals surface area contributed by atoms with Crippen molar-refractivity contribution in [3.63, 3.8) is 0 Å². The quantitative estimate of drug-likeness (QED) is 0.610. The number of aromatic carboxylic acids is 1. The van der Waals surface area contributed by atoms with Crippen LogP contribution in [-0.4, -0.2) is 19.5 Å². The molecule has 7 heteroatoms. The molecule has 2 aromatic carbocycles. The Bertz CT molecular complexity index is 785. The molecule has 0 fully saturated rings. The highest BCUT2D eigenvalue weighted by Gasteiger charge is 2.19. The van der Waals surface area contributed by atoms with Gasteiger partial charge in [-0.1, -0.05) is 12.1 Å². The van der Waals surface area contributed by atoms with Crippen molar-refractivity contribution in [2.75, 3.05) is 0 Å². The second-order valence-corrected chi connectivity index (χ2v) is 7.57. The lowest BCUT2D eigenvalue weighted by Gasteiger charge is -2.06. The van der Waals surface area contributed by atoms with Gasteiger partial charge >= 0.3 is 5.97 Å². The van der Waals surface area contributed by atoms with E-state index >= 15 is 0 Å². The Morgan fingerprint density at radius 2 is 1.76 bits per heavy atom. The Balaban J connectivity index is 2.38. The van der Waals surface area contributed by atoms with Crippen molar-refractivity contribution < 1.29 is 22.7 Å². The van der Waals surface area contributed by atoms with Crippen molar-refractivity contribution in [1.29, 1.82) is 0 Å². The van der Waals surface area contributed by atoms with Crippen molar-refractivity contribution in [3.05, 3.63) is 63.0 Å². The first kappa shape index (κ1) is 15.9. The molecule has 0 aliphatic carbocycles. The fourth-order valence-corrected chi connectivity index (χ4v) is 3.48. The Morgan fingerprint density at radius 1 is 1.14 bits per heavy atom. The third-order valence-corrected chi connectivity index (χ3v) is 5.20. The summed E-state index contributed by atoms with van der Waals surface area (Å²) in [5.74, 6) is -2.73. The van der Waals surface area contributed by atoms with Gasteiger partial charge < -0.3 is 5.11 Å². The second-order valence-electron chi connectivity index (χ2n) is 4.33. The SMILES string of the molecule is O=C(O)c1cc(S(=O)(=O)Cc2ccc(I)cc2)ccc1F. The number of sulfone groups is 1. The minimum Gasteiger partial charge on any atom is -0.478 e. The van der Waals surface area contributed by atoms with Crippen molar-refractivity contribution in [2.24, 2.45) is 0 Å². The van der Waals surface area contributed by atoms with Gasteiger partial charge in [-0.2, -0.15) is 0 Å². The van der Waals surface area contributed by atoms with Gasteiger partial charge in [0.2, 0.25) is 0 Å². The summed E-state index contributed by atoms with van der Waals surface area (Å²) in [6, 6.07) is 9.69. The average Bonchev–Trinajstić information content (AvgIpc) is 2.41. The van der Waals surface area contributed by atoms with Crippen molar-refractivity contribution in [1.82, 2.24) is 0 Å². The molecular formula is C14H10FIO4S. The molecule has 0 radical (unpaired) electrons. The Hall–Kier alpha value is -1.48. The van der Waals surface area contributed by atoms with Gasteiger partial charge in [-0.3, -0.25) is 0 Å². The number of carboxylic acids is 1. The van der Waals surface area contributed by atoms with Gasteiger partial charge in [-0.15, -0.1) is 0 Å². The standard InChI is InChI=1S/C14H10FIO4S/c15-13-6-5-11(7-12(13)14(17)18)21(19,20)8-9-1-3-10(16)4-2-9/h1-7H,8H2,(H,17,18). The molecule has 0 atom stereocenters. The maximum atomic E-state index is 13.3. The van der Waals surface area contributed by atoms with E-state index in [0.29, 0.717) is 5.56 Å². The minimum atomic E-state index is -3.73. The number of benzene rings is 2. The van der Waals surface area contributed by atoms with Crippen molar-refractivity contribution in [2.45, 2.75) is 10.6 Å². The number of rotatable bonds is 4. The zero-order chi connectivity index (χ0) is 15.6. The topological polar surface area (TPSA) is 71.4 Å². The molecule has 1 N–H and O–H groups in total. The van der Waals surface area contributed by atoms with E-state index in [1.54, 1.807) is 24.3 Å². The summed E-state index contributed by atoms with van der Waals surface area (Å²) < 4.78 is 38.8. The second kappa shape index (κ2) is 6.10. The highest BCUT2D eigenvalue weighted by atomic mass is 127. The Morgan fingerprint density at radius 3 is 2.33 bits per heavy atom. The third kappa shape index (κ3) is 3.79. The van der Waals surface area contributed by atoms with E-state index in [9.17, 15) is 17.6 Å². The molecule has 110 valence electrons. The predicted octanol–water partition coefficient (Wildman–Crippen LogP) is 3.10. The zero-order valence-electron chi connectivity index (χ0n) is 10.6. The lowest BCUT2D eigenvalue weighted by atomic mass is 10.2. The van der Waals surface area contributed by atoms with Gasteiger partial charge in [0.25, 0.3) is 0 Å². The fraction of sp³-hybridized carbons (Fsp3) is 0.0714. The monoisotopic (exact) mass is 420 g/mol. The molecule has 0 bridgehead atoms. The molecule has 0 aromatic heterocycles. The molecule has 0 saturated heterocycles. The molecule has 4 nitrogen and oxygen atoms in total. The number of hydrogen-bond donors (Lipinski definition) is 1.